The normalized spacial score (nSPS) is 10.9. The summed E-state index contributed by atoms with van der Waals surface area (Å²) in [5.74, 6) is -0.835. The first kappa shape index (κ1) is 15.1. The van der Waals surface area contributed by atoms with Gasteiger partial charge in [-0.05, 0) is 19.1 Å². The third-order valence-corrected chi connectivity index (χ3v) is 2.70. The number of carbonyl (C=O) groups is 2. The van der Waals surface area contributed by atoms with Crippen LogP contribution in [0.15, 0.2) is 24.4 Å². The topological polar surface area (TPSA) is 68.3 Å². The van der Waals surface area contributed by atoms with E-state index in [1.807, 2.05) is 32.0 Å². The maximum absolute atomic E-state index is 11.6. The number of nitrogens with one attached hydrogen (secondary N) is 1. The van der Waals surface area contributed by atoms with Gasteiger partial charge in [-0.1, -0.05) is 19.9 Å². The van der Waals surface area contributed by atoms with E-state index >= 15 is 0 Å². The van der Waals surface area contributed by atoms with Gasteiger partial charge < -0.3 is 10.1 Å². The second-order valence-electron chi connectivity index (χ2n) is 4.86. The fraction of sp³-hybridized carbons (Fsp3) is 0.500. The Hall–Kier alpha value is -1.91. The summed E-state index contributed by atoms with van der Waals surface area (Å²) >= 11 is 0. The van der Waals surface area contributed by atoms with Crippen LogP contribution in [0.3, 0.4) is 0 Å². The summed E-state index contributed by atoms with van der Waals surface area (Å²) in [4.78, 5) is 27.0. The van der Waals surface area contributed by atoms with Gasteiger partial charge in [-0.2, -0.15) is 0 Å². The lowest BCUT2D eigenvalue weighted by Gasteiger charge is -2.24. The Labute approximate surface area is 113 Å². The summed E-state index contributed by atoms with van der Waals surface area (Å²) < 4.78 is 4.72. The third kappa shape index (κ3) is 5.07. The number of pyridine rings is 1. The first-order valence-electron chi connectivity index (χ1n) is 6.29. The zero-order chi connectivity index (χ0) is 14.3. The lowest BCUT2D eigenvalue weighted by atomic mass is 9.88. The van der Waals surface area contributed by atoms with Crippen LogP contribution in [-0.4, -0.2) is 30.0 Å². The molecule has 0 saturated heterocycles. The average molecular weight is 264 g/mol. The fourth-order valence-electron chi connectivity index (χ4n) is 1.58. The van der Waals surface area contributed by atoms with Crippen LogP contribution < -0.4 is 5.32 Å². The summed E-state index contributed by atoms with van der Waals surface area (Å²) in [7, 11) is 0. The van der Waals surface area contributed by atoms with E-state index in [0.29, 0.717) is 6.54 Å². The van der Waals surface area contributed by atoms with E-state index in [1.165, 1.54) is 0 Å². The quantitative estimate of drug-likeness (QED) is 0.623. The molecule has 1 N–H and O–H groups in total. The predicted octanol–water partition coefficient (Wildman–Crippen LogP) is 1.43. The van der Waals surface area contributed by atoms with Gasteiger partial charge >= 0.3 is 5.97 Å². The Morgan fingerprint density at radius 1 is 1.37 bits per heavy atom. The number of ether oxygens (including phenoxy) is 1. The minimum absolute atomic E-state index is 0.244. The maximum Gasteiger partial charge on any atom is 0.315 e. The summed E-state index contributed by atoms with van der Waals surface area (Å²) in [5.41, 5.74) is 0.609. The predicted molar refractivity (Wildman–Crippen MR) is 71.5 cm³/mol. The summed E-state index contributed by atoms with van der Waals surface area (Å²) in [6, 6.07) is 5.67. The van der Waals surface area contributed by atoms with Crippen LogP contribution in [0.5, 0.6) is 0 Å². The molecule has 0 aliphatic carbocycles. The van der Waals surface area contributed by atoms with Crippen LogP contribution in [0.1, 0.15) is 32.9 Å². The second kappa shape index (κ2) is 6.87. The lowest BCUT2D eigenvalue weighted by molar-refractivity contribution is -0.146. The van der Waals surface area contributed by atoms with Crippen LogP contribution in [0.2, 0.25) is 0 Å². The molecule has 0 radical (unpaired) electrons. The van der Waals surface area contributed by atoms with Crippen molar-refractivity contribution in [1.82, 2.24) is 10.3 Å². The van der Waals surface area contributed by atoms with Crippen LogP contribution >= 0.6 is 0 Å². The molecule has 1 heterocycles. The number of rotatable bonds is 6. The van der Waals surface area contributed by atoms with Gasteiger partial charge in [0.2, 0.25) is 5.91 Å². The molecule has 1 aromatic rings. The highest BCUT2D eigenvalue weighted by molar-refractivity contribution is 5.94. The first-order valence-corrected chi connectivity index (χ1v) is 6.29. The molecule has 1 rings (SSSR count). The largest absolute Gasteiger partial charge is 0.466 e. The van der Waals surface area contributed by atoms with Crippen molar-refractivity contribution >= 4 is 11.9 Å². The Balaban J connectivity index is 2.47. The molecule has 0 fully saturated rings. The smallest absolute Gasteiger partial charge is 0.315 e. The van der Waals surface area contributed by atoms with E-state index in [1.54, 1.807) is 13.1 Å². The van der Waals surface area contributed by atoms with Gasteiger partial charge in [0.15, 0.2) is 0 Å². The van der Waals surface area contributed by atoms with Gasteiger partial charge in [-0.15, -0.1) is 0 Å². The minimum atomic E-state index is -0.504. The molecule has 5 heteroatoms. The van der Waals surface area contributed by atoms with Crippen molar-refractivity contribution in [3.8, 4) is 0 Å². The molecule has 0 unspecified atom stereocenters. The van der Waals surface area contributed by atoms with Crippen molar-refractivity contribution in [2.75, 3.05) is 13.2 Å². The zero-order valence-electron chi connectivity index (χ0n) is 11.6. The SMILES string of the molecule is CCOC(=O)CC(=O)NCC(C)(C)c1ccccn1. The fourth-order valence-corrected chi connectivity index (χ4v) is 1.58. The Kier molecular flexibility index (Phi) is 5.48. The number of amides is 1. The molecule has 0 spiro atoms. The van der Waals surface area contributed by atoms with Gasteiger partial charge in [0.25, 0.3) is 0 Å². The van der Waals surface area contributed by atoms with Crippen molar-refractivity contribution in [3.63, 3.8) is 0 Å². The summed E-state index contributed by atoms with van der Waals surface area (Å²) in [5, 5.41) is 2.73. The maximum atomic E-state index is 11.6. The van der Waals surface area contributed by atoms with Gasteiger partial charge in [-0.3, -0.25) is 14.6 Å². The zero-order valence-corrected chi connectivity index (χ0v) is 11.6. The van der Waals surface area contributed by atoms with Gasteiger partial charge in [-0.25, -0.2) is 0 Å². The van der Waals surface area contributed by atoms with Crippen LogP contribution in [-0.2, 0) is 19.7 Å². The number of carbonyl (C=O) groups excluding carboxylic acids is 2. The van der Waals surface area contributed by atoms with E-state index in [0.717, 1.165) is 5.69 Å². The minimum Gasteiger partial charge on any atom is -0.466 e. The number of nitrogens with zero attached hydrogens (tertiary/aromatic N) is 1. The highest BCUT2D eigenvalue weighted by Gasteiger charge is 2.23. The van der Waals surface area contributed by atoms with E-state index in [-0.39, 0.29) is 24.3 Å². The molecule has 1 aromatic heterocycles. The first-order chi connectivity index (χ1) is 8.95. The van der Waals surface area contributed by atoms with Crippen molar-refractivity contribution < 1.29 is 14.3 Å². The molecule has 0 aliphatic heterocycles. The van der Waals surface area contributed by atoms with Crippen LogP contribution in [0, 0.1) is 0 Å². The van der Waals surface area contributed by atoms with Crippen molar-refractivity contribution in [3.05, 3.63) is 30.1 Å². The van der Waals surface area contributed by atoms with E-state index in [4.69, 9.17) is 4.74 Å². The Morgan fingerprint density at radius 3 is 2.68 bits per heavy atom. The van der Waals surface area contributed by atoms with Crippen molar-refractivity contribution in [1.29, 1.82) is 0 Å². The number of hydrogen-bond donors (Lipinski definition) is 1. The lowest BCUT2D eigenvalue weighted by Crippen LogP contribution is -2.38. The standard InChI is InChI=1S/C14H20N2O3/c1-4-19-13(18)9-12(17)16-10-14(2,3)11-7-5-6-8-15-11/h5-8H,4,9-10H2,1-3H3,(H,16,17). The monoisotopic (exact) mass is 264 g/mol. The molecule has 19 heavy (non-hydrogen) atoms. The van der Waals surface area contributed by atoms with Crippen molar-refractivity contribution in [2.24, 2.45) is 0 Å². The van der Waals surface area contributed by atoms with Gasteiger partial charge in [0.05, 0.1) is 6.61 Å². The van der Waals surface area contributed by atoms with E-state index in [9.17, 15) is 9.59 Å². The molecule has 104 valence electrons. The van der Waals surface area contributed by atoms with E-state index < -0.39 is 5.97 Å². The molecule has 0 aliphatic rings. The molecule has 0 atom stereocenters. The van der Waals surface area contributed by atoms with E-state index in [2.05, 4.69) is 10.3 Å². The van der Waals surface area contributed by atoms with Gasteiger partial charge in [0, 0.05) is 23.9 Å². The molecular weight excluding hydrogens is 244 g/mol. The molecule has 1 amide bonds. The number of aromatic nitrogens is 1. The highest BCUT2D eigenvalue weighted by atomic mass is 16.5. The molecule has 5 nitrogen and oxygen atoms in total. The summed E-state index contributed by atoms with van der Waals surface area (Å²) in [6.45, 7) is 6.38. The molecule has 0 saturated carbocycles. The van der Waals surface area contributed by atoms with Crippen LogP contribution in [0.4, 0.5) is 0 Å². The number of esters is 1. The Morgan fingerprint density at radius 2 is 2.11 bits per heavy atom. The summed E-state index contributed by atoms with van der Waals surface area (Å²) in [6.07, 6.45) is 1.48. The molecular formula is C14H20N2O3. The average Bonchev–Trinajstić information content (AvgIpc) is 2.38. The van der Waals surface area contributed by atoms with Crippen molar-refractivity contribution in [2.45, 2.75) is 32.6 Å². The third-order valence-electron chi connectivity index (χ3n) is 2.70. The number of hydrogen-bond acceptors (Lipinski definition) is 4. The molecule has 0 bridgehead atoms. The molecule has 0 aromatic carbocycles. The highest BCUT2D eigenvalue weighted by Crippen LogP contribution is 2.19. The van der Waals surface area contributed by atoms with Crippen LogP contribution in [0.25, 0.3) is 0 Å². The van der Waals surface area contributed by atoms with Gasteiger partial charge in [0.1, 0.15) is 6.42 Å². The second-order valence-corrected chi connectivity index (χ2v) is 4.86. The Bertz CT molecular complexity index is 430.